The Labute approximate surface area is 148 Å². The van der Waals surface area contributed by atoms with Crippen molar-refractivity contribution in [1.82, 2.24) is 19.9 Å². The third-order valence-electron chi connectivity index (χ3n) is 4.05. The Morgan fingerprint density at radius 2 is 1.84 bits per heavy atom. The number of anilines is 1. The molecule has 25 heavy (non-hydrogen) atoms. The molecule has 1 fully saturated rings. The van der Waals surface area contributed by atoms with Crippen molar-refractivity contribution < 1.29 is 13.2 Å². The van der Waals surface area contributed by atoms with Crippen LogP contribution in [0, 0.1) is 0 Å². The molecule has 0 aromatic carbocycles. The molecule has 1 aliphatic rings. The molecule has 0 radical (unpaired) electrons. The molecule has 5 nitrogen and oxygen atoms in total. The van der Waals surface area contributed by atoms with Gasteiger partial charge < -0.3 is 4.90 Å². The molecule has 1 saturated heterocycles. The van der Waals surface area contributed by atoms with E-state index in [9.17, 15) is 13.2 Å². The number of hydrogen-bond acceptors (Lipinski definition) is 6. The summed E-state index contributed by atoms with van der Waals surface area (Å²) in [4.78, 5) is 16.3. The second kappa shape index (κ2) is 7.57. The van der Waals surface area contributed by atoms with Gasteiger partial charge in [-0.2, -0.15) is 13.2 Å². The third kappa shape index (κ3) is 4.40. The van der Waals surface area contributed by atoms with Crippen LogP contribution in [0.4, 0.5) is 19.0 Å². The number of pyridine rings is 1. The van der Waals surface area contributed by atoms with E-state index in [2.05, 4.69) is 19.9 Å². The zero-order chi connectivity index (χ0) is 17.9. The van der Waals surface area contributed by atoms with Gasteiger partial charge in [0.25, 0.3) is 0 Å². The van der Waals surface area contributed by atoms with E-state index in [4.69, 9.17) is 0 Å². The van der Waals surface area contributed by atoms with Crippen molar-refractivity contribution in [3.8, 4) is 0 Å². The summed E-state index contributed by atoms with van der Waals surface area (Å²) in [7, 11) is 0. The standard InChI is InChI=1S/C16H18F3N5S/c1-25-15-21-6-4-13(22-15)24-9-7-23(8-10-24)11-12-3-2-5-20-14(12)16(17,18)19/h2-6H,7-11H2,1H3. The van der Waals surface area contributed by atoms with Crippen LogP contribution in [0.15, 0.2) is 35.7 Å². The molecule has 0 amide bonds. The number of piperazine rings is 1. The topological polar surface area (TPSA) is 45.2 Å². The molecule has 0 unspecified atom stereocenters. The van der Waals surface area contributed by atoms with Gasteiger partial charge in [0.2, 0.25) is 0 Å². The number of aromatic nitrogens is 3. The molecule has 3 heterocycles. The van der Waals surface area contributed by atoms with E-state index in [-0.39, 0.29) is 12.1 Å². The zero-order valence-electron chi connectivity index (χ0n) is 13.7. The quantitative estimate of drug-likeness (QED) is 0.610. The minimum atomic E-state index is -4.42. The first-order valence-corrected chi connectivity index (χ1v) is 9.05. The number of nitrogens with zero attached hydrogens (tertiary/aromatic N) is 5. The summed E-state index contributed by atoms with van der Waals surface area (Å²) in [5.41, 5.74) is -0.576. The molecule has 9 heteroatoms. The van der Waals surface area contributed by atoms with Gasteiger partial charge in [-0.1, -0.05) is 17.8 Å². The van der Waals surface area contributed by atoms with Gasteiger partial charge >= 0.3 is 6.18 Å². The van der Waals surface area contributed by atoms with Crippen LogP contribution in [0.25, 0.3) is 0 Å². The highest BCUT2D eigenvalue weighted by atomic mass is 32.2. The molecule has 0 bridgehead atoms. The summed E-state index contributed by atoms with van der Waals surface area (Å²) in [6.45, 7) is 3.02. The average molecular weight is 369 g/mol. The minimum Gasteiger partial charge on any atom is -0.354 e. The second-order valence-corrected chi connectivity index (χ2v) is 6.45. The fraction of sp³-hybridized carbons (Fsp3) is 0.438. The lowest BCUT2D eigenvalue weighted by molar-refractivity contribution is -0.142. The Kier molecular flexibility index (Phi) is 5.43. The number of rotatable bonds is 4. The van der Waals surface area contributed by atoms with Gasteiger partial charge in [-0.05, 0) is 24.0 Å². The van der Waals surface area contributed by atoms with E-state index in [1.165, 1.54) is 24.0 Å². The first kappa shape index (κ1) is 17.9. The molecule has 0 aliphatic carbocycles. The maximum absolute atomic E-state index is 13.1. The van der Waals surface area contributed by atoms with Crippen LogP contribution in [0.2, 0.25) is 0 Å². The first-order valence-electron chi connectivity index (χ1n) is 7.83. The third-order valence-corrected chi connectivity index (χ3v) is 4.61. The van der Waals surface area contributed by atoms with E-state index >= 15 is 0 Å². The normalized spacial score (nSPS) is 16.2. The van der Waals surface area contributed by atoms with Gasteiger partial charge in [-0.25, -0.2) is 9.97 Å². The zero-order valence-corrected chi connectivity index (χ0v) is 14.5. The second-order valence-electron chi connectivity index (χ2n) is 5.67. The Bertz CT molecular complexity index is 717. The van der Waals surface area contributed by atoms with Crippen LogP contribution in [0.1, 0.15) is 11.3 Å². The molecule has 3 rings (SSSR count). The number of halogens is 3. The van der Waals surface area contributed by atoms with Gasteiger partial charge in [0.15, 0.2) is 5.16 Å². The fourth-order valence-electron chi connectivity index (χ4n) is 2.80. The molecule has 1 aliphatic heterocycles. The van der Waals surface area contributed by atoms with Crippen molar-refractivity contribution in [3.05, 3.63) is 41.9 Å². The number of alkyl halides is 3. The lowest BCUT2D eigenvalue weighted by Gasteiger charge is -2.35. The van der Waals surface area contributed by atoms with Crippen molar-refractivity contribution in [2.45, 2.75) is 17.9 Å². The number of hydrogen-bond donors (Lipinski definition) is 0. The lowest BCUT2D eigenvalue weighted by Crippen LogP contribution is -2.46. The highest BCUT2D eigenvalue weighted by Crippen LogP contribution is 2.30. The maximum atomic E-state index is 13.1. The summed E-state index contributed by atoms with van der Waals surface area (Å²) < 4.78 is 39.2. The Balaban J connectivity index is 1.64. The largest absolute Gasteiger partial charge is 0.433 e. The Morgan fingerprint density at radius 3 is 2.52 bits per heavy atom. The summed E-state index contributed by atoms with van der Waals surface area (Å²) >= 11 is 1.48. The van der Waals surface area contributed by atoms with Crippen LogP contribution in [-0.2, 0) is 12.7 Å². The van der Waals surface area contributed by atoms with Crippen molar-refractivity contribution in [2.24, 2.45) is 0 Å². The van der Waals surface area contributed by atoms with E-state index < -0.39 is 11.9 Å². The van der Waals surface area contributed by atoms with E-state index in [1.54, 1.807) is 12.3 Å². The average Bonchev–Trinajstić information content (AvgIpc) is 2.62. The van der Waals surface area contributed by atoms with Crippen LogP contribution in [0.5, 0.6) is 0 Å². The van der Waals surface area contributed by atoms with Gasteiger partial charge in [0.05, 0.1) is 0 Å². The molecule has 2 aromatic rings. The fourth-order valence-corrected chi connectivity index (χ4v) is 3.15. The van der Waals surface area contributed by atoms with Crippen LogP contribution < -0.4 is 4.90 Å². The summed E-state index contributed by atoms with van der Waals surface area (Å²) in [6.07, 6.45) is 0.408. The summed E-state index contributed by atoms with van der Waals surface area (Å²) in [5, 5.41) is 0.713. The molecule has 0 spiro atoms. The molecule has 0 atom stereocenters. The smallest absolute Gasteiger partial charge is 0.354 e. The monoisotopic (exact) mass is 369 g/mol. The molecular weight excluding hydrogens is 351 g/mol. The van der Waals surface area contributed by atoms with Crippen molar-refractivity contribution in [1.29, 1.82) is 0 Å². The lowest BCUT2D eigenvalue weighted by atomic mass is 10.1. The van der Waals surface area contributed by atoms with E-state index in [0.717, 1.165) is 5.82 Å². The molecular formula is C16H18F3N5S. The van der Waals surface area contributed by atoms with Crippen molar-refractivity contribution >= 4 is 17.6 Å². The minimum absolute atomic E-state index is 0.218. The van der Waals surface area contributed by atoms with Gasteiger partial charge in [0, 0.05) is 45.1 Å². The van der Waals surface area contributed by atoms with Crippen LogP contribution >= 0.6 is 11.8 Å². The van der Waals surface area contributed by atoms with Crippen molar-refractivity contribution in [3.63, 3.8) is 0 Å². The van der Waals surface area contributed by atoms with Gasteiger partial charge in [0.1, 0.15) is 11.5 Å². The Hall–Kier alpha value is -1.87. The van der Waals surface area contributed by atoms with Crippen molar-refractivity contribution in [2.75, 3.05) is 37.3 Å². The molecule has 0 N–H and O–H groups in total. The van der Waals surface area contributed by atoms with E-state index in [0.29, 0.717) is 31.3 Å². The van der Waals surface area contributed by atoms with Crippen LogP contribution in [-0.4, -0.2) is 52.3 Å². The molecule has 134 valence electrons. The van der Waals surface area contributed by atoms with Gasteiger partial charge in [-0.15, -0.1) is 0 Å². The predicted molar refractivity (Wildman–Crippen MR) is 90.5 cm³/mol. The maximum Gasteiger partial charge on any atom is 0.433 e. The number of thioether (sulfide) groups is 1. The summed E-state index contributed by atoms with van der Waals surface area (Å²) in [6, 6.07) is 4.90. The predicted octanol–water partition coefficient (Wildman–Crippen LogP) is 2.93. The summed E-state index contributed by atoms with van der Waals surface area (Å²) in [5.74, 6) is 0.858. The molecule has 2 aromatic heterocycles. The first-order chi connectivity index (χ1) is 12.0. The van der Waals surface area contributed by atoms with E-state index in [1.807, 2.05) is 17.2 Å². The van der Waals surface area contributed by atoms with Gasteiger partial charge in [-0.3, -0.25) is 9.88 Å². The Morgan fingerprint density at radius 1 is 1.08 bits per heavy atom. The SMILES string of the molecule is CSc1nccc(N2CCN(Cc3cccnc3C(F)(F)F)CC2)n1. The highest BCUT2D eigenvalue weighted by Gasteiger charge is 2.35. The molecule has 0 saturated carbocycles. The highest BCUT2D eigenvalue weighted by molar-refractivity contribution is 7.98. The van der Waals surface area contributed by atoms with Crippen LogP contribution in [0.3, 0.4) is 0 Å².